The van der Waals surface area contributed by atoms with Crippen LogP contribution in [0.4, 0.5) is 4.39 Å². The molecule has 1 heterocycles. The number of hydrogen-bond donors (Lipinski definition) is 1. The number of carbonyl (C=O) groups is 1. The average molecular weight is 325 g/mol. The van der Waals surface area contributed by atoms with E-state index in [1.165, 1.54) is 16.8 Å². The molecular weight excluding hydrogens is 309 g/mol. The number of aromatic nitrogens is 4. The minimum atomic E-state index is -0.381. The van der Waals surface area contributed by atoms with E-state index in [2.05, 4.69) is 20.8 Å². The van der Waals surface area contributed by atoms with Gasteiger partial charge in [0, 0.05) is 5.56 Å². The summed E-state index contributed by atoms with van der Waals surface area (Å²) in [5, 5.41) is 14.1. The quantitative estimate of drug-likeness (QED) is 0.799. The standard InChI is InChI=1S/C17H16FN5O/c1-11-6-12(2)8-13(7-11)17(24)19-10-16-20-21-22-23(16)15-5-3-4-14(18)9-15/h3-9H,10H2,1-2H3,(H,19,24). The SMILES string of the molecule is Cc1cc(C)cc(C(=O)NCc2nnnn2-c2cccc(F)c2)c1. The first-order chi connectivity index (χ1) is 11.5. The number of rotatable bonds is 4. The fraction of sp³-hybridized carbons (Fsp3) is 0.176. The molecule has 122 valence electrons. The van der Waals surface area contributed by atoms with Gasteiger partial charge in [0.15, 0.2) is 5.82 Å². The van der Waals surface area contributed by atoms with Gasteiger partial charge in [-0.15, -0.1) is 5.10 Å². The van der Waals surface area contributed by atoms with E-state index in [1.54, 1.807) is 12.1 Å². The summed E-state index contributed by atoms with van der Waals surface area (Å²) in [6, 6.07) is 11.6. The molecule has 24 heavy (non-hydrogen) atoms. The highest BCUT2D eigenvalue weighted by Gasteiger charge is 2.12. The molecule has 1 aromatic heterocycles. The lowest BCUT2D eigenvalue weighted by molar-refractivity contribution is 0.0949. The second-order valence-electron chi connectivity index (χ2n) is 5.55. The molecule has 3 aromatic rings. The first-order valence-corrected chi connectivity index (χ1v) is 7.42. The van der Waals surface area contributed by atoms with Crippen molar-refractivity contribution < 1.29 is 9.18 Å². The number of amides is 1. The maximum atomic E-state index is 13.4. The van der Waals surface area contributed by atoms with Gasteiger partial charge in [-0.1, -0.05) is 23.3 Å². The number of tetrazole rings is 1. The smallest absolute Gasteiger partial charge is 0.251 e. The van der Waals surface area contributed by atoms with E-state index < -0.39 is 0 Å². The minimum absolute atomic E-state index is 0.134. The van der Waals surface area contributed by atoms with Crippen molar-refractivity contribution >= 4 is 5.91 Å². The van der Waals surface area contributed by atoms with E-state index >= 15 is 0 Å². The van der Waals surface area contributed by atoms with E-state index in [0.717, 1.165) is 11.1 Å². The van der Waals surface area contributed by atoms with Crippen molar-refractivity contribution in [2.24, 2.45) is 0 Å². The van der Waals surface area contributed by atoms with Gasteiger partial charge in [0.1, 0.15) is 5.82 Å². The molecule has 0 radical (unpaired) electrons. The number of carbonyl (C=O) groups excluding carboxylic acids is 1. The number of nitrogens with one attached hydrogen (secondary N) is 1. The molecule has 0 bridgehead atoms. The molecule has 0 aliphatic heterocycles. The van der Waals surface area contributed by atoms with Crippen molar-refractivity contribution in [1.82, 2.24) is 25.5 Å². The fourth-order valence-corrected chi connectivity index (χ4v) is 2.49. The van der Waals surface area contributed by atoms with Gasteiger partial charge in [0.2, 0.25) is 0 Å². The van der Waals surface area contributed by atoms with E-state index in [-0.39, 0.29) is 18.3 Å². The van der Waals surface area contributed by atoms with E-state index in [1.807, 2.05) is 32.0 Å². The Morgan fingerprint density at radius 3 is 2.62 bits per heavy atom. The third kappa shape index (κ3) is 3.45. The topological polar surface area (TPSA) is 72.7 Å². The highest BCUT2D eigenvalue weighted by atomic mass is 19.1. The first-order valence-electron chi connectivity index (χ1n) is 7.42. The monoisotopic (exact) mass is 325 g/mol. The van der Waals surface area contributed by atoms with Crippen LogP contribution >= 0.6 is 0 Å². The molecule has 0 saturated heterocycles. The summed E-state index contributed by atoms with van der Waals surface area (Å²) in [6.07, 6.45) is 0. The van der Waals surface area contributed by atoms with Crippen molar-refractivity contribution in [1.29, 1.82) is 0 Å². The largest absolute Gasteiger partial charge is 0.345 e. The molecule has 0 spiro atoms. The molecule has 0 unspecified atom stereocenters. The molecule has 1 amide bonds. The van der Waals surface area contributed by atoms with Crippen LogP contribution < -0.4 is 5.32 Å². The van der Waals surface area contributed by atoms with E-state index in [4.69, 9.17) is 0 Å². The summed E-state index contributed by atoms with van der Waals surface area (Å²) >= 11 is 0. The van der Waals surface area contributed by atoms with Crippen LogP contribution in [-0.2, 0) is 6.54 Å². The zero-order chi connectivity index (χ0) is 17.1. The highest BCUT2D eigenvalue weighted by Crippen LogP contribution is 2.11. The highest BCUT2D eigenvalue weighted by molar-refractivity contribution is 5.94. The van der Waals surface area contributed by atoms with Crippen molar-refractivity contribution in [3.05, 3.63) is 70.8 Å². The Labute approximate surface area is 138 Å². The van der Waals surface area contributed by atoms with Gasteiger partial charge in [0.05, 0.1) is 12.2 Å². The van der Waals surface area contributed by atoms with Crippen LogP contribution in [0.1, 0.15) is 27.3 Å². The summed E-state index contributed by atoms with van der Waals surface area (Å²) in [7, 11) is 0. The summed E-state index contributed by atoms with van der Waals surface area (Å²) in [5.41, 5.74) is 3.11. The van der Waals surface area contributed by atoms with Gasteiger partial charge < -0.3 is 5.32 Å². The van der Waals surface area contributed by atoms with Crippen LogP contribution in [0.25, 0.3) is 5.69 Å². The molecule has 7 heteroatoms. The Balaban J connectivity index is 1.76. The lowest BCUT2D eigenvalue weighted by Crippen LogP contribution is -2.25. The molecular formula is C17H16FN5O. The third-order valence-corrected chi connectivity index (χ3v) is 3.48. The van der Waals surface area contributed by atoms with Gasteiger partial charge in [-0.2, -0.15) is 4.68 Å². The fourth-order valence-electron chi connectivity index (χ4n) is 2.49. The van der Waals surface area contributed by atoms with Crippen molar-refractivity contribution in [2.75, 3.05) is 0 Å². The predicted molar refractivity (Wildman–Crippen MR) is 86.2 cm³/mol. The number of benzene rings is 2. The third-order valence-electron chi connectivity index (χ3n) is 3.48. The second-order valence-corrected chi connectivity index (χ2v) is 5.55. The molecule has 6 nitrogen and oxygen atoms in total. The summed E-state index contributed by atoms with van der Waals surface area (Å²) in [5.74, 6) is -0.179. The van der Waals surface area contributed by atoms with Gasteiger partial charge in [-0.25, -0.2) is 4.39 Å². The summed E-state index contributed by atoms with van der Waals surface area (Å²) < 4.78 is 14.7. The summed E-state index contributed by atoms with van der Waals surface area (Å²) in [4.78, 5) is 12.3. The molecule has 0 fully saturated rings. The minimum Gasteiger partial charge on any atom is -0.345 e. The predicted octanol–water partition coefficient (Wildman–Crippen LogP) is 2.35. The Hall–Kier alpha value is -3.09. The molecule has 0 aliphatic rings. The maximum Gasteiger partial charge on any atom is 0.251 e. The average Bonchev–Trinajstić information content (AvgIpc) is 3.00. The van der Waals surface area contributed by atoms with Crippen molar-refractivity contribution in [3.8, 4) is 5.69 Å². The number of halogens is 1. The van der Waals surface area contributed by atoms with E-state index in [9.17, 15) is 9.18 Å². The molecule has 0 aliphatic carbocycles. The maximum absolute atomic E-state index is 13.4. The first kappa shape index (κ1) is 15.8. The van der Waals surface area contributed by atoms with Gasteiger partial charge in [-0.05, 0) is 54.6 Å². The van der Waals surface area contributed by atoms with Crippen molar-refractivity contribution in [2.45, 2.75) is 20.4 Å². The zero-order valence-electron chi connectivity index (χ0n) is 13.3. The Morgan fingerprint density at radius 2 is 1.92 bits per heavy atom. The lowest BCUT2D eigenvalue weighted by Gasteiger charge is -2.08. The van der Waals surface area contributed by atoms with Crippen LogP contribution in [0.3, 0.4) is 0 Å². The number of hydrogen-bond acceptors (Lipinski definition) is 4. The Morgan fingerprint density at radius 1 is 1.17 bits per heavy atom. The molecule has 0 atom stereocenters. The van der Waals surface area contributed by atoms with Gasteiger partial charge in [-0.3, -0.25) is 4.79 Å². The number of nitrogens with zero attached hydrogens (tertiary/aromatic N) is 4. The van der Waals surface area contributed by atoms with Crippen LogP contribution in [0.15, 0.2) is 42.5 Å². The van der Waals surface area contributed by atoms with Gasteiger partial charge in [0.25, 0.3) is 5.91 Å². The van der Waals surface area contributed by atoms with Crippen LogP contribution in [0.2, 0.25) is 0 Å². The Kier molecular flexibility index (Phi) is 4.33. The Bertz CT molecular complexity index is 870. The molecule has 1 N–H and O–H groups in total. The molecule has 2 aromatic carbocycles. The van der Waals surface area contributed by atoms with Crippen LogP contribution in [-0.4, -0.2) is 26.1 Å². The van der Waals surface area contributed by atoms with Gasteiger partial charge >= 0.3 is 0 Å². The summed E-state index contributed by atoms with van der Waals surface area (Å²) in [6.45, 7) is 4.01. The molecule has 0 saturated carbocycles. The van der Waals surface area contributed by atoms with Crippen LogP contribution in [0.5, 0.6) is 0 Å². The van der Waals surface area contributed by atoms with E-state index in [0.29, 0.717) is 17.1 Å². The normalized spacial score (nSPS) is 10.6. The number of aryl methyl sites for hydroxylation is 2. The second kappa shape index (κ2) is 6.57. The van der Waals surface area contributed by atoms with Crippen molar-refractivity contribution in [3.63, 3.8) is 0 Å². The zero-order valence-corrected chi connectivity index (χ0v) is 13.3. The van der Waals surface area contributed by atoms with Crippen LogP contribution in [0, 0.1) is 19.7 Å². The lowest BCUT2D eigenvalue weighted by atomic mass is 10.1. The molecule has 3 rings (SSSR count).